The Kier molecular flexibility index (Phi) is 50.3. The number of nitrogens with two attached hydrogens (primary N) is 7. The number of fused-ring (bicyclic) bond motifs is 1. The molecule has 1 fully saturated rings. The standard InChI is InChI=1S/C77H142N20O15/c1-47(2)42-59-71(105)89-55(30-16-22-38-81)69(103)95-61(44-49(5)6)72(106)88-54(29-15-21-37-80)67(101)92-58(77(111)112)33-12-10-9-11-26-51(84)65(99)87-53(28-14-20-36-79)68(102)94-60(43-48(3)4)73(107)90-56(31-17-23-39-82)70(104)96-62(45-50(7)8)74(108)91-57(32-18-24-40-83)76(110)97-41-25-34-63(97)75(109)85-46-64(98)86-52(66(100)93-59)27-13-19-35-78/h9-10,47-63H,11-46,78-84H2,1-8H3,(H,85,109)(H,86,98)(H,87,99)(H,88,106)(H,89,105)(H,90,107)(H,91,108)(H,92,101)(H,93,100)(H,94,102)(H,95,103)(H,96,104)(H,111,112)/b10-9+/t51-,52-,53-,54-,55-,56-,57-,58-,59-,60-,61-,62-,63+/m0/s1. The van der Waals surface area contributed by atoms with Crippen molar-refractivity contribution >= 4 is 82.8 Å². The fourth-order valence-electron chi connectivity index (χ4n) is 13.3. The van der Waals surface area contributed by atoms with Gasteiger partial charge in [0.05, 0.1) is 12.6 Å². The average Bonchev–Trinajstić information content (AvgIpc) is 1.65. The first-order chi connectivity index (χ1) is 53.2. The molecule has 1 saturated heterocycles. The molecule has 0 unspecified atom stereocenters. The second kappa shape index (κ2) is 56.3. The number of hydrogen-bond acceptors (Lipinski definition) is 21. The van der Waals surface area contributed by atoms with Crippen LogP contribution in [0.2, 0.25) is 0 Å². The van der Waals surface area contributed by atoms with E-state index in [0.717, 1.165) is 0 Å². The number of nitrogens with zero attached hydrogens (tertiary/aromatic N) is 1. The van der Waals surface area contributed by atoms with Crippen LogP contribution in [0.3, 0.4) is 0 Å². The zero-order chi connectivity index (χ0) is 83.8. The highest BCUT2D eigenvalue weighted by molar-refractivity contribution is 6.00. The number of carboxylic acids is 1. The highest BCUT2D eigenvalue weighted by Gasteiger charge is 2.41. The highest BCUT2D eigenvalue weighted by atomic mass is 16.4. The number of carbonyl (C=O) groups excluding carboxylic acids is 13. The van der Waals surface area contributed by atoms with Crippen LogP contribution in [0, 0.1) is 23.7 Å². The summed E-state index contributed by atoms with van der Waals surface area (Å²) in [5.41, 5.74) is 41.6. The molecule has 0 saturated carbocycles. The van der Waals surface area contributed by atoms with Crippen molar-refractivity contribution in [3.05, 3.63) is 12.2 Å². The number of amides is 13. The molecule has 13 atom stereocenters. The largest absolute Gasteiger partial charge is 0.480 e. The van der Waals surface area contributed by atoms with Crippen molar-refractivity contribution in [1.29, 1.82) is 0 Å². The lowest BCUT2D eigenvalue weighted by Crippen LogP contribution is -2.60. The summed E-state index contributed by atoms with van der Waals surface area (Å²) in [4.78, 5) is 201. The Morgan fingerprint density at radius 1 is 0.366 bits per heavy atom. The first-order valence-corrected chi connectivity index (χ1v) is 41.0. The van der Waals surface area contributed by atoms with Crippen LogP contribution in [0.15, 0.2) is 12.2 Å². The molecule has 2 aliphatic rings. The normalized spacial score (nSPS) is 25.8. The van der Waals surface area contributed by atoms with Crippen LogP contribution in [-0.2, 0) is 67.1 Å². The Bertz CT molecular complexity index is 2960. The van der Waals surface area contributed by atoms with Crippen molar-refractivity contribution in [2.75, 3.05) is 52.4 Å². The molecule has 0 spiro atoms. The van der Waals surface area contributed by atoms with E-state index in [4.69, 9.17) is 40.1 Å². The predicted octanol–water partition coefficient (Wildman–Crippen LogP) is -1.07. The molecule has 0 aliphatic carbocycles. The van der Waals surface area contributed by atoms with Crippen molar-refractivity contribution in [3.63, 3.8) is 0 Å². The van der Waals surface area contributed by atoms with E-state index in [9.17, 15) is 72.2 Å². The van der Waals surface area contributed by atoms with E-state index in [0.29, 0.717) is 83.5 Å². The van der Waals surface area contributed by atoms with E-state index in [1.165, 1.54) is 4.90 Å². The lowest BCUT2D eigenvalue weighted by molar-refractivity contribution is -0.142. The van der Waals surface area contributed by atoms with Crippen LogP contribution in [0.4, 0.5) is 0 Å². The van der Waals surface area contributed by atoms with Crippen LogP contribution in [0.5, 0.6) is 0 Å². The molecule has 0 radical (unpaired) electrons. The van der Waals surface area contributed by atoms with Gasteiger partial charge in [-0.25, -0.2) is 4.79 Å². The molecule has 2 rings (SSSR count). The molecule has 640 valence electrons. The molecule has 13 amide bonds. The van der Waals surface area contributed by atoms with Crippen molar-refractivity contribution < 1.29 is 72.2 Å². The molecule has 35 heteroatoms. The van der Waals surface area contributed by atoms with Gasteiger partial charge in [0.25, 0.3) is 0 Å². The Morgan fingerprint density at radius 2 is 0.643 bits per heavy atom. The molecule has 0 aromatic carbocycles. The van der Waals surface area contributed by atoms with E-state index in [1.807, 2.05) is 55.4 Å². The van der Waals surface area contributed by atoms with Crippen LogP contribution >= 0.6 is 0 Å². The summed E-state index contributed by atoms with van der Waals surface area (Å²) in [6.45, 7) is 15.6. The van der Waals surface area contributed by atoms with Gasteiger partial charge < -0.3 is 114 Å². The number of hydrogen-bond donors (Lipinski definition) is 20. The van der Waals surface area contributed by atoms with Gasteiger partial charge >= 0.3 is 5.97 Å². The third-order valence-electron chi connectivity index (χ3n) is 19.5. The highest BCUT2D eigenvalue weighted by Crippen LogP contribution is 2.22. The first kappa shape index (κ1) is 100. The monoisotopic (exact) mass is 1590 g/mol. The minimum Gasteiger partial charge on any atom is -0.480 e. The average molecular weight is 1590 g/mol. The van der Waals surface area contributed by atoms with Gasteiger partial charge in [0.15, 0.2) is 0 Å². The lowest BCUT2D eigenvalue weighted by Gasteiger charge is -2.31. The molecule has 0 aromatic heterocycles. The number of nitrogens with one attached hydrogen (secondary N) is 12. The second-order valence-corrected chi connectivity index (χ2v) is 31.4. The van der Waals surface area contributed by atoms with Crippen LogP contribution in [-0.4, -0.2) is 224 Å². The van der Waals surface area contributed by atoms with E-state index in [2.05, 4.69) is 63.8 Å². The Labute approximate surface area is 663 Å². The van der Waals surface area contributed by atoms with Gasteiger partial charge in [-0.3, -0.25) is 62.3 Å². The molecule has 112 heavy (non-hydrogen) atoms. The summed E-state index contributed by atoms with van der Waals surface area (Å²) in [6.07, 6.45) is 10.0. The van der Waals surface area contributed by atoms with Gasteiger partial charge in [-0.2, -0.15) is 0 Å². The fraction of sp³-hybridized carbons (Fsp3) is 0.792. The van der Waals surface area contributed by atoms with Gasteiger partial charge in [0.1, 0.15) is 72.5 Å². The smallest absolute Gasteiger partial charge is 0.326 e. The third-order valence-corrected chi connectivity index (χ3v) is 19.5. The van der Waals surface area contributed by atoms with E-state index in [-0.39, 0.29) is 166 Å². The molecule has 2 heterocycles. The zero-order valence-electron chi connectivity index (χ0n) is 68.1. The SMILES string of the molecule is CC(C)C[C@@H]1NC(=O)[C@H](CCCCN)NC(=O)CNC(=O)[C@H]2CCCN2C(=O)[C@H](CCCCN)NC(=O)[C@H](CC(C)C)NC(=O)[C@H](CCCCN)NC(=O)[C@H](CC(C)C)NC(=O)[C@H](CCCCN)NC(=O)[C@@H](N)CC/C=C/CC[C@@H](C(=O)O)NC(=O)[C@H](CCCCN)NC(=O)[C@H](CC(C)C)NC(=O)[C@H](CCCCN)NC1=O. The van der Waals surface area contributed by atoms with Gasteiger partial charge in [0, 0.05) is 6.54 Å². The van der Waals surface area contributed by atoms with Crippen LogP contribution in [0.25, 0.3) is 0 Å². The van der Waals surface area contributed by atoms with E-state index >= 15 is 0 Å². The summed E-state index contributed by atoms with van der Waals surface area (Å²) in [7, 11) is 0. The minimum atomic E-state index is -1.43. The number of aliphatic carboxylic acids is 1. The van der Waals surface area contributed by atoms with E-state index in [1.54, 1.807) is 12.2 Å². The number of allylic oxidation sites excluding steroid dienone is 2. The number of unbranched alkanes of at least 4 members (excludes halogenated alkanes) is 6. The Balaban J connectivity index is 2.83. The maximum atomic E-state index is 14.8. The van der Waals surface area contributed by atoms with Crippen molar-refractivity contribution in [2.24, 2.45) is 63.8 Å². The second-order valence-electron chi connectivity index (χ2n) is 31.4. The maximum absolute atomic E-state index is 14.8. The molecule has 0 bridgehead atoms. The number of carboxylic acid groups (broad SMARTS) is 1. The summed E-state index contributed by atoms with van der Waals surface area (Å²) in [6, 6.07) is -16.2. The quantitative estimate of drug-likeness (QED) is 0.0275. The van der Waals surface area contributed by atoms with Crippen molar-refractivity contribution in [2.45, 2.75) is 314 Å². The molecular formula is C77H142N20O15. The molecule has 2 aliphatic heterocycles. The van der Waals surface area contributed by atoms with Gasteiger partial charge in [0.2, 0.25) is 76.8 Å². The van der Waals surface area contributed by atoms with Gasteiger partial charge in [-0.05, 0) is 243 Å². The molecule has 35 nitrogen and oxygen atoms in total. The Morgan fingerprint density at radius 3 is 0.964 bits per heavy atom. The maximum Gasteiger partial charge on any atom is 0.326 e. The minimum absolute atomic E-state index is 0.0430. The summed E-state index contributed by atoms with van der Waals surface area (Å²) < 4.78 is 0. The summed E-state index contributed by atoms with van der Waals surface area (Å²) in [5.74, 6) is -11.7. The molecule has 0 aromatic rings. The van der Waals surface area contributed by atoms with Crippen molar-refractivity contribution in [1.82, 2.24) is 68.7 Å². The van der Waals surface area contributed by atoms with E-state index < -0.39 is 168 Å². The van der Waals surface area contributed by atoms with Gasteiger partial charge in [-0.1, -0.05) is 67.5 Å². The topological polar surface area (TPSA) is 589 Å². The van der Waals surface area contributed by atoms with Gasteiger partial charge in [-0.15, -0.1) is 0 Å². The number of rotatable bonds is 33. The molecule has 27 N–H and O–H groups in total. The fourth-order valence-corrected chi connectivity index (χ4v) is 13.3. The summed E-state index contributed by atoms with van der Waals surface area (Å²) >= 11 is 0. The van der Waals surface area contributed by atoms with Crippen LogP contribution in [0.1, 0.15) is 235 Å². The lowest BCUT2D eigenvalue weighted by atomic mass is 9.99. The number of carbonyl (C=O) groups is 14. The van der Waals surface area contributed by atoms with Crippen LogP contribution < -0.4 is 104 Å². The third kappa shape index (κ3) is 39.7. The molecular weight excluding hydrogens is 1440 g/mol. The predicted molar refractivity (Wildman–Crippen MR) is 427 cm³/mol. The summed E-state index contributed by atoms with van der Waals surface area (Å²) in [5, 5.41) is 43.4. The van der Waals surface area contributed by atoms with Crippen molar-refractivity contribution in [3.8, 4) is 0 Å². The Hall–Kier alpha value is -7.96. The first-order valence-electron chi connectivity index (χ1n) is 41.0. The zero-order valence-corrected chi connectivity index (χ0v) is 68.1.